The van der Waals surface area contributed by atoms with Gasteiger partial charge in [0.2, 0.25) is 0 Å². The predicted molar refractivity (Wildman–Crippen MR) is 167 cm³/mol. The Kier molecular flexibility index (Phi) is 15.1. The highest BCUT2D eigenvalue weighted by molar-refractivity contribution is 5.95. The van der Waals surface area contributed by atoms with Gasteiger partial charge in [0.15, 0.2) is 0 Å². The number of rotatable bonds is 18. The van der Waals surface area contributed by atoms with Gasteiger partial charge in [0, 0.05) is 25.0 Å². The van der Waals surface area contributed by atoms with E-state index in [9.17, 15) is 44.4 Å². The molecule has 2 aromatic carbocycles. The quantitative estimate of drug-likeness (QED) is 0.0965. The highest BCUT2D eigenvalue weighted by atomic mass is 16.6. The molecular formula is C33H42O16. The van der Waals surface area contributed by atoms with Crippen LogP contribution in [0.1, 0.15) is 78.8 Å². The van der Waals surface area contributed by atoms with E-state index in [4.69, 9.17) is 33.9 Å². The van der Waals surface area contributed by atoms with E-state index in [1.165, 1.54) is 46.9 Å². The number of phenols is 3. The first-order valence-electron chi connectivity index (χ1n) is 15.2. The maximum atomic E-state index is 13.1. The van der Waals surface area contributed by atoms with E-state index < -0.39 is 97.7 Å². The first kappa shape index (κ1) is 40.1. The van der Waals surface area contributed by atoms with Crippen molar-refractivity contribution in [1.29, 1.82) is 0 Å². The fourth-order valence-electron chi connectivity index (χ4n) is 4.79. The summed E-state index contributed by atoms with van der Waals surface area (Å²) in [5.41, 5.74) is -0.370. The lowest BCUT2D eigenvalue weighted by Gasteiger charge is -2.20. The number of aliphatic hydroxyl groups is 2. The Bertz CT molecular complexity index is 1500. The molecule has 2 aromatic rings. The molecular weight excluding hydrogens is 652 g/mol. The van der Waals surface area contributed by atoms with E-state index in [1.807, 2.05) is 0 Å². The number of ether oxygens (including phenoxy) is 5. The van der Waals surface area contributed by atoms with Gasteiger partial charge in [-0.25, -0.2) is 9.59 Å². The van der Waals surface area contributed by atoms with E-state index in [-0.39, 0.29) is 46.6 Å². The fraction of sp³-hybridized carbons (Fsp3) is 0.485. The molecule has 0 fully saturated rings. The number of esters is 4. The summed E-state index contributed by atoms with van der Waals surface area (Å²) < 4.78 is 26.3. The molecule has 0 bridgehead atoms. The topological polar surface area (TPSA) is 253 Å². The van der Waals surface area contributed by atoms with Crippen molar-refractivity contribution in [2.24, 2.45) is 0 Å². The zero-order valence-corrected chi connectivity index (χ0v) is 27.7. The average Bonchev–Trinajstić information content (AvgIpc) is 2.95. The zero-order chi connectivity index (χ0) is 37.0. The number of hydrogen-bond donors (Lipinski definition) is 6. The first-order valence-corrected chi connectivity index (χ1v) is 15.2. The fourth-order valence-corrected chi connectivity index (χ4v) is 4.79. The zero-order valence-electron chi connectivity index (χ0n) is 27.7. The van der Waals surface area contributed by atoms with Crippen molar-refractivity contribution in [2.75, 3.05) is 13.7 Å². The Morgan fingerprint density at radius 2 is 1.12 bits per heavy atom. The summed E-state index contributed by atoms with van der Waals surface area (Å²) in [6.45, 7) is 5.10. The maximum absolute atomic E-state index is 13.1. The molecule has 0 unspecified atom stereocenters. The molecule has 0 aliphatic rings. The van der Waals surface area contributed by atoms with Gasteiger partial charge in [-0.05, 0) is 51.0 Å². The lowest BCUT2D eigenvalue weighted by Crippen LogP contribution is -2.26. The maximum Gasteiger partial charge on any atom is 0.342 e. The molecule has 0 spiro atoms. The van der Waals surface area contributed by atoms with Crippen LogP contribution in [-0.2, 0) is 46.2 Å². The van der Waals surface area contributed by atoms with Crippen LogP contribution in [0.3, 0.4) is 0 Å². The van der Waals surface area contributed by atoms with Gasteiger partial charge in [-0.15, -0.1) is 0 Å². The van der Waals surface area contributed by atoms with Gasteiger partial charge in [-0.1, -0.05) is 0 Å². The van der Waals surface area contributed by atoms with Crippen LogP contribution in [0.25, 0.3) is 0 Å². The minimum absolute atomic E-state index is 0.0575. The van der Waals surface area contributed by atoms with Gasteiger partial charge < -0.3 is 54.3 Å². The molecule has 49 heavy (non-hydrogen) atoms. The molecule has 16 heteroatoms. The monoisotopic (exact) mass is 694 g/mol. The SMILES string of the molecule is COc1cc(O)c(C(=O)O[C@H](C)CC(=O)O)c(C[C@@H](C)OC(=O)C[C@@H](C)OC(=O)c2c(O)cc(O)cc2C[C@@H](C)OC(=O)C[C@H](O)CO)c1. The van der Waals surface area contributed by atoms with Crippen molar-refractivity contribution >= 4 is 29.8 Å². The minimum Gasteiger partial charge on any atom is -0.508 e. The molecule has 6 N–H and O–H groups in total. The largest absolute Gasteiger partial charge is 0.508 e. The third kappa shape index (κ3) is 12.8. The lowest BCUT2D eigenvalue weighted by molar-refractivity contribution is -0.151. The molecule has 0 radical (unpaired) electrons. The van der Waals surface area contributed by atoms with Gasteiger partial charge >= 0.3 is 29.8 Å². The Labute approximate surface area is 281 Å². The molecule has 0 aliphatic heterocycles. The molecule has 0 amide bonds. The van der Waals surface area contributed by atoms with Crippen LogP contribution >= 0.6 is 0 Å². The second-order valence-corrected chi connectivity index (χ2v) is 11.5. The van der Waals surface area contributed by atoms with E-state index in [0.717, 1.165) is 12.1 Å². The van der Waals surface area contributed by atoms with Crippen LogP contribution in [0.5, 0.6) is 23.0 Å². The summed E-state index contributed by atoms with van der Waals surface area (Å²) in [4.78, 5) is 61.6. The Morgan fingerprint density at radius 3 is 1.61 bits per heavy atom. The number of carbonyl (C=O) groups is 5. The summed E-state index contributed by atoms with van der Waals surface area (Å²) >= 11 is 0. The predicted octanol–water partition coefficient (Wildman–Crippen LogP) is 2.16. The van der Waals surface area contributed by atoms with Crippen molar-refractivity contribution in [3.63, 3.8) is 0 Å². The standard InChI is InChI=1S/C33H42O16/c1-16(47-29(42)13-23(36)15-34)6-20-10-22(35)12-25(37)30(20)32(43)49-19(4)9-28(41)46-17(2)7-21-11-24(45-5)14-26(38)31(21)33(44)48-18(3)8-27(39)40/h10-12,14,16-19,23,34-38H,6-9,13,15H2,1-5H3,(H,39,40)/t16-,17-,18-,19-,23+/m1/s1. The van der Waals surface area contributed by atoms with Gasteiger partial charge in [0.25, 0.3) is 0 Å². The molecule has 0 saturated heterocycles. The van der Waals surface area contributed by atoms with Gasteiger partial charge in [-0.3, -0.25) is 14.4 Å². The normalized spacial score (nSPS) is 14.0. The van der Waals surface area contributed by atoms with Crippen LogP contribution in [0.4, 0.5) is 0 Å². The Balaban J connectivity index is 2.10. The molecule has 0 saturated carbocycles. The average molecular weight is 695 g/mol. The molecule has 0 aliphatic carbocycles. The molecule has 5 atom stereocenters. The van der Waals surface area contributed by atoms with E-state index in [1.54, 1.807) is 0 Å². The lowest BCUT2D eigenvalue weighted by atomic mass is 10.00. The Hall–Kier alpha value is -5.09. The van der Waals surface area contributed by atoms with Gasteiger partial charge in [-0.2, -0.15) is 0 Å². The highest BCUT2D eigenvalue weighted by Gasteiger charge is 2.27. The molecule has 270 valence electrons. The van der Waals surface area contributed by atoms with Crippen molar-refractivity contribution in [3.05, 3.63) is 46.5 Å². The summed E-state index contributed by atoms with van der Waals surface area (Å²) in [5, 5.41) is 58.2. The van der Waals surface area contributed by atoms with Gasteiger partial charge in [0.1, 0.15) is 58.5 Å². The number of aromatic hydroxyl groups is 3. The summed E-state index contributed by atoms with van der Waals surface area (Å²) in [6, 6.07) is 4.66. The van der Waals surface area contributed by atoms with E-state index in [0.29, 0.717) is 0 Å². The second-order valence-electron chi connectivity index (χ2n) is 11.5. The van der Waals surface area contributed by atoms with Crippen LogP contribution in [0.2, 0.25) is 0 Å². The van der Waals surface area contributed by atoms with Crippen LogP contribution in [-0.4, -0.2) is 105 Å². The summed E-state index contributed by atoms with van der Waals surface area (Å²) in [7, 11) is 1.33. The van der Waals surface area contributed by atoms with Crippen LogP contribution in [0.15, 0.2) is 24.3 Å². The molecule has 16 nitrogen and oxygen atoms in total. The highest BCUT2D eigenvalue weighted by Crippen LogP contribution is 2.32. The number of carbonyl (C=O) groups excluding carboxylic acids is 4. The third-order valence-electron chi connectivity index (χ3n) is 6.83. The van der Waals surface area contributed by atoms with Crippen LogP contribution < -0.4 is 4.74 Å². The third-order valence-corrected chi connectivity index (χ3v) is 6.83. The van der Waals surface area contributed by atoms with Crippen molar-refractivity contribution in [1.82, 2.24) is 0 Å². The Morgan fingerprint density at radius 1 is 0.653 bits per heavy atom. The number of carboxylic acid groups (broad SMARTS) is 1. The molecule has 0 heterocycles. The van der Waals surface area contributed by atoms with Crippen molar-refractivity contribution < 1.29 is 78.3 Å². The number of hydrogen-bond acceptors (Lipinski definition) is 15. The van der Waals surface area contributed by atoms with Crippen molar-refractivity contribution in [2.45, 2.75) is 90.3 Å². The number of aliphatic hydroxyl groups excluding tert-OH is 2. The number of methoxy groups -OCH3 is 1. The molecule has 2 rings (SSSR count). The van der Waals surface area contributed by atoms with Gasteiger partial charge in [0.05, 0.1) is 39.1 Å². The second kappa shape index (κ2) is 18.5. The minimum atomic E-state index is -1.32. The van der Waals surface area contributed by atoms with E-state index in [2.05, 4.69) is 0 Å². The number of carboxylic acids is 1. The molecule has 0 aromatic heterocycles. The number of aliphatic carboxylic acids is 1. The number of phenolic OH excluding ortho intramolecular Hbond substituents is 3. The van der Waals surface area contributed by atoms with E-state index >= 15 is 0 Å². The summed E-state index contributed by atoms with van der Waals surface area (Å²) in [5.74, 6) is -6.20. The smallest absolute Gasteiger partial charge is 0.342 e. The number of benzene rings is 2. The van der Waals surface area contributed by atoms with Crippen LogP contribution in [0, 0.1) is 0 Å². The first-order chi connectivity index (χ1) is 22.9. The summed E-state index contributed by atoms with van der Waals surface area (Å²) in [6.07, 6.45) is -6.81. The van der Waals surface area contributed by atoms with Crippen molar-refractivity contribution in [3.8, 4) is 23.0 Å².